The van der Waals surface area contributed by atoms with Crippen LogP contribution in [0, 0.1) is 5.92 Å². The van der Waals surface area contributed by atoms with Crippen molar-refractivity contribution in [3.05, 3.63) is 23.8 Å². The maximum Gasteiger partial charge on any atom is 0.410 e. The Kier molecular flexibility index (Phi) is 4.82. The van der Waals surface area contributed by atoms with Gasteiger partial charge in [0.1, 0.15) is 17.1 Å². The fraction of sp³-hybridized carbons (Fsp3) is 0.529. The van der Waals surface area contributed by atoms with Crippen LogP contribution in [-0.4, -0.2) is 49.7 Å². The summed E-state index contributed by atoms with van der Waals surface area (Å²) in [6.45, 7) is 6.15. The highest BCUT2D eigenvalue weighted by molar-refractivity contribution is 6.02. The number of ether oxygens (including phenoxy) is 3. The molecule has 1 aliphatic rings. The molecule has 1 aliphatic heterocycles. The van der Waals surface area contributed by atoms with Crippen molar-refractivity contribution in [3.8, 4) is 11.5 Å². The van der Waals surface area contributed by atoms with Gasteiger partial charge in [0.25, 0.3) is 0 Å². The van der Waals surface area contributed by atoms with Crippen molar-refractivity contribution >= 4 is 11.9 Å². The number of methoxy groups -OCH3 is 2. The van der Waals surface area contributed by atoms with Crippen molar-refractivity contribution < 1.29 is 23.8 Å². The molecule has 0 unspecified atom stereocenters. The Morgan fingerprint density at radius 1 is 1.13 bits per heavy atom. The summed E-state index contributed by atoms with van der Waals surface area (Å²) in [6, 6.07) is 5.11. The molecule has 0 N–H and O–H groups in total. The van der Waals surface area contributed by atoms with Crippen LogP contribution in [0.25, 0.3) is 0 Å². The summed E-state index contributed by atoms with van der Waals surface area (Å²) < 4.78 is 15.7. The molecule has 1 amide bonds. The minimum absolute atomic E-state index is 0.0550. The summed E-state index contributed by atoms with van der Waals surface area (Å²) in [7, 11) is 3.07. The van der Waals surface area contributed by atoms with Crippen molar-refractivity contribution in [2.24, 2.45) is 5.92 Å². The fourth-order valence-electron chi connectivity index (χ4n) is 2.35. The summed E-state index contributed by atoms with van der Waals surface area (Å²) in [5, 5.41) is 0. The number of ketones is 1. The number of carbonyl (C=O) groups excluding carboxylic acids is 2. The predicted octanol–water partition coefficient (Wildman–Crippen LogP) is 2.75. The number of rotatable bonds is 4. The average Bonchev–Trinajstić information content (AvgIpc) is 2.42. The highest BCUT2D eigenvalue weighted by Crippen LogP contribution is 2.30. The standard InChI is InChI=1S/C17H23NO5/c1-17(2,3)23-16(20)18-9-11(10-18)15(19)13-8-12(21-4)6-7-14(13)22-5/h6-8,11H,9-10H2,1-5H3. The Bertz CT molecular complexity index is 599. The van der Waals surface area contributed by atoms with Crippen LogP contribution in [0.4, 0.5) is 4.79 Å². The van der Waals surface area contributed by atoms with Gasteiger partial charge in [-0.25, -0.2) is 4.79 Å². The normalized spacial score (nSPS) is 14.9. The van der Waals surface area contributed by atoms with E-state index in [-0.39, 0.29) is 17.8 Å². The molecule has 126 valence electrons. The zero-order valence-electron chi connectivity index (χ0n) is 14.2. The van der Waals surface area contributed by atoms with Crippen molar-refractivity contribution in [2.75, 3.05) is 27.3 Å². The first-order valence-electron chi connectivity index (χ1n) is 7.49. The fourth-order valence-corrected chi connectivity index (χ4v) is 2.35. The van der Waals surface area contributed by atoms with Crippen LogP contribution in [0.2, 0.25) is 0 Å². The third kappa shape index (κ3) is 3.94. The number of benzene rings is 1. The summed E-state index contributed by atoms with van der Waals surface area (Å²) in [5.74, 6) is 0.799. The number of nitrogens with zero attached hydrogens (tertiary/aromatic N) is 1. The smallest absolute Gasteiger partial charge is 0.410 e. The number of hydrogen-bond donors (Lipinski definition) is 0. The van der Waals surface area contributed by atoms with Crippen molar-refractivity contribution in [3.63, 3.8) is 0 Å². The lowest BCUT2D eigenvalue weighted by atomic mass is 9.90. The van der Waals surface area contributed by atoms with E-state index >= 15 is 0 Å². The Labute approximate surface area is 136 Å². The van der Waals surface area contributed by atoms with Gasteiger partial charge in [-0.15, -0.1) is 0 Å². The lowest BCUT2D eigenvalue weighted by Gasteiger charge is -2.39. The quantitative estimate of drug-likeness (QED) is 0.798. The van der Waals surface area contributed by atoms with Gasteiger partial charge in [0.05, 0.1) is 25.7 Å². The summed E-state index contributed by atoms with van der Waals surface area (Å²) in [5.41, 5.74) is -0.0666. The summed E-state index contributed by atoms with van der Waals surface area (Å²) in [4.78, 5) is 26.1. The molecule has 0 aliphatic carbocycles. The van der Waals surface area contributed by atoms with E-state index < -0.39 is 5.60 Å². The molecular formula is C17H23NO5. The Balaban J connectivity index is 2.03. The van der Waals surface area contributed by atoms with E-state index in [0.717, 1.165) is 0 Å². The molecule has 0 atom stereocenters. The molecule has 0 saturated carbocycles. The Morgan fingerprint density at radius 3 is 2.30 bits per heavy atom. The minimum Gasteiger partial charge on any atom is -0.497 e. The highest BCUT2D eigenvalue weighted by atomic mass is 16.6. The molecule has 0 radical (unpaired) electrons. The van der Waals surface area contributed by atoms with Gasteiger partial charge >= 0.3 is 6.09 Å². The largest absolute Gasteiger partial charge is 0.497 e. The molecular weight excluding hydrogens is 298 g/mol. The second kappa shape index (κ2) is 6.48. The molecule has 1 heterocycles. The molecule has 1 fully saturated rings. The molecule has 1 saturated heterocycles. The maximum atomic E-state index is 12.6. The third-order valence-corrected chi connectivity index (χ3v) is 3.58. The van der Waals surface area contributed by atoms with E-state index in [9.17, 15) is 9.59 Å². The lowest BCUT2D eigenvalue weighted by molar-refractivity contribution is 0.00145. The lowest BCUT2D eigenvalue weighted by Crippen LogP contribution is -2.54. The predicted molar refractivity (Wildman–Crippen MR) is 85.2 cm³/mol. The monoisotopic (exact) mass is 321 g/mol. The molecule has 6 nitrogen and oxygen atoms in total. The van der Waals surface area contributed by atoms with Crippen molar-refractivity contribution in [2.45, 2.75) is 26.4 Å². The van der Waals surface area contributed by atoms with Gasteiger partial charge in [0, 0.05) is 13.1 Å². The zero-order valence-corrected chi connectivity index (χ0v) is 14.2. The van der Waals surface area contributed by atoms with Gasteiger partial charge in [0.15, 0.2) is 5.78 Å². The molecule has 1 aromatic carbocycles. The first-order chi connectivity index (χ1) is 10.7. The van der Waals surface area contributed by atoms with E-state index in [0.29, 0.717) is 30.2 Å². The molecule has 1 aromatic rings. The number of likely N-dealkylation sites (tertiary alicyclic amines) is 1. The van der Waals surface area contributed by atoms with E-state index in [1.54, 1.807) is 25.3 Å². The van der Waals surface area contributed by atoms with Gasteiger partial charge < -0.3 is 19.1 Å². The topological polar surface area (TPSA) is 65.1 Å². The zero-order chi connectivity index (χ0) is 17.2. The van der Waals surface area contributed by atoms with Gasteiger partial charge in [0.2, 0.25) is 0 Å². The van der Waals surface area contributed by atoms with Gasteiger partial charge in [-0.05, 0) is 39.0 Å². The molecule has 23 heavy (non-hydrogen) atoms. The Morgan fingerprint density at radius 2 is 1.78 bits per heavy atom. The van der Waals surface area contributed by atoms with Crippen LogP contribution in [0.5, 0.6) is 11.5 Å². The van der Waals surface area contributed by atoms with E-state index in [1.807, 2.05) is 20.8 Å². The van der Waals surface area contributed by atoms with Gasteiger partial charge in [-0.1, -0.05) is 0 Å². The van der Waals surface area contributed by atoms with Crippen LogP contribution in [0.15, 0.2) is 18.2 Å². The first kappa shape index (κ1) is 17.1. The number of Topliss-reactive ketones (excluding diaryl/α,β-unsaturated/α-hetero) is 1. The van der Waals surface area contributed by atoms with Crippen LogP contribution >= 0.6 is 0 Å². The molecule has 6 heteroatoms. The van der Waals surface area contributed by atoms with Crippen LogP contribution in [0.1, 0.15) is 31.1 Å². The highest BCUT2D eigenvalue weighted by Gasteiger charge is 2.39. The maximum absolute atomic E-state index is 12.6. The average molecular weight is 321 g/mol. The molecule has 0 spiro atoms. The van der Waals surface area contributed by atoms with Crippen LogP contribution in [-0.2, 0) is 4.74 Å². The van der Waals surface area contributed by atoms with Crippen LogP contribution in [0.3, 0.4) is 0 Å². The summed E-state index contributed by atoms with van der Waals surface area (Å²) in [6.07, 6.45) is -0.390. The van der Waals surface area contributed by atoms with Gasteiger partial charge in [-0.2, -0.15) is 0 Å². The number of carbonyl (C=O) groups is 2. The van der Waals surface area contributed by atoms with E-state index in [1.165, 1.54) is 12.0 Å². The number of amides is 1. The third-order valence-electron chi connectivity index (χ3n) is 3.58. The number of hydrogen-bond acceptors (Lipinski definition) is 5. The van der Waals surface area contributed by atoms with Crippen molar-refractivity contribution in [1.29, 1.82) is 0 Å². The summed E-state index contributed by atoms with van der Waals surface area (Å²) >= 11 is 0. The second-order valence-corrected chi connectivity index (χ2v) is 6.51. The molecule has 0 aromatic heterocycles. The minimum atomic E-state index is -0.539. The SMILES string of the molecule is COc1ccc(OC)c(C(=O)C2CN(C(=O)OC(C)(C)C)C2)c1. The second-order valence-electron chi connectivity index (χ2n) is 6.51. The van der Waals surface area contributed by atoms with E-state index in [2.05, 4.69) is 0 Å². The Hall–Kier alpha value is -2.24. The van der Waals surface area contributed by atoms with Crippen LogP contribution < -0.4 is 9.47 Å². The van der Waals surface area contributed by atoms with Crippen molar-refractivity contribution in [1.82, 2.24) is 4.90 Å². The van der Waals surface area contributed by atoms with Gasteiger partial charge in [-0.3, -0.25) is 4.79 Å². The molecule has 0 bridgehead atoms. The molecule has 2 rings (SSSR count). The van der Waals surface area contributed by atoms with E-state index in [4.69, 9.17) is 14.2 Å². The first-order valence-corrected chi connectivity index (χ1v) is 7.49.